The minimum absolute atomic E-state index is 0. The number of nitrogens with one attached hydrogen (secondary N) is 1. The Bertz CT molecular complexity index is 606. The first kappa shape index (κ1) is 19.6. The van der Waals surface area contributed by atoms with Crippen molar-refractivity contribution in [2.45, 2.75) is 32.4 Å². The Labute approximate surface area is 144 Å². The molecule has 0 atom stereocenters. The van der Waals surface area contributed by atoms with Gasteiger partial charge in [-0.3, -0.25) is 9.88 Å². The second kappa shape index (κ2) is 7.93. The molecule has 0 radical (unpaired) electrons. The quantitative estimate of drug-likeness (QED) is 0.860. The summed E-state index contributed by atoms with van der Waals surface area (Å²) in [5.74, 6) is 0.902. The summed E-state index contributed by atoms with van der Waals surface area (Å²) in [6.45, 7) is 3.56. The highest BCUT2D eigenvalue weighted by atomic mass is 35.5. The van der Waals surface area contributed by atoms with Gasteiger partial charge in [0.15, 0.2) is 0 Å². The molecule has 1 fully saturated rings. The number of hydrogen-bond donors (Lipinski definition) is 1. The van der Waals surface area contributed by atoms with Gasteiger partial charge >= 0.3 is 0 Å². The van der Waals surface area contributed by atoms with Gasteiger partial charge in [-0.1, -0.05) is 0 Å². The van der Waals surface area contributed by atoms with Gasteiger partial charge in [0, 0.05) is 38.6 Å². The summed E-state index contributed by atoms with van der Waals surface area (Å²) < 4.78 is 25.0. The number of fused-ring (bicyclic) bond motifs is 1. The van der Waals surface area contributed by atoms with Crippen LogP contribution in [0.15, 0.2) is 12.4 Å². The number of sulfonamides is 1. The van der Waals surface area contributed by atoms with E-state index in [0.29, 0.717) is 6.54 Å². The van der Waals surface area contributed by atoms with E-state index in [1.807, 2.05) is 6.20 Å². The minimum Gasteiger partial charge on any atom is -0.298 e. The molecule has 1 aliphatic carbocycles. The molecular weight excluding hydrogens is 345 g/mol. The van der Waals surface area contributed by atoms with Gasteiger partial charge in [-0.05, 0) is 41.9 Å². The van der Waals surface area contributed by atoms with Crippen molar-refractivity contribution in [1.82, 2.24) is 14.6 Å². The SMILES string of the molecule is CS(=O)(=O)NCc1cncc2c1CCN(CC1CC1)C2.Cl.Cl. The topological polar surface area (TPSA) is 62.3 Å². The van der Waals surface area contributed by atoms with Crippen molar-refractivity contribution < 1.29 is 8.42 Å². The lowest BCUT2D eigenvalue weighted by Crippen LogP contribution is -2.33. The Balaban J connectivity index is 0.00000121. The first-order valence-corrected chi connectivity index (χ1v) is 9.02. The maximum atomic E-state index is 11.2. The van der Waals surface area contributed by atoms with E-state index in [2.05, 4.69) is 14.6 Å². The molecule has 22 heavy (non-hydrogen) atoms. The van der Waals surface area contributed by atoms with Gasteiger partial charge in [0.1, 0.15) is 0 Å². The van der Waals surface area contributed by atoms with E-state index >= 15 is 0 Å². The molecule has 2 aliphatic rings. The van der Waals surface area contributed by atoms with Crippen LogP contribution in [0.1, 0.15) is 29.5 Å². The second-order valence-corrected chi connectivity index (χ2v) is 7.79. The molecule has 126 valence electrons. The van der Waals surface area contributed by atoms with Gasteiger partial charge in [-0.25, -0.2) is 13.1 Å². The molecule has 1 aromatic heterocycles. The van der Waals surface area contributed by atoms with Crippen molar-refractivity contribution in [1.29, 1.82) is 0 Å². The minimum atomic E-state index is -3.16. The van der Waals surface area contributed by atoms with Gasteiger partial charge in [0.05, 0.1) is 6.26 Å². The summed E-state index contributed by atoms with van der Waals surface area (Å²) in [5, 5.41) is 0. The molecule has 2 heterocycles. The third-order valence-electron chi connectivity index (χ3n) is 4.05. The lowest BCUT2D eigenvalue weighted by molar-refractivity contribution is 0.243. The molecule has 0 amide bonds. The fourth-order valence-electron chi connectivity index (χ4n) is 2.81. The predicted octanol–water partition coefficient (Wildman–Crippen LogP) is 1.74. The molecule has 0 unspecified atom stereocenters. The third-order valence-corrected chi connectivity index (χ3v) is 4.71. The Morgan fingerprint density at radius 1 is 1.32 bits per heavy atom. The summed E-state index contributed by atoms with van der Waals surface area (Å²) in [5.41, 5.74) is 3.55. The maximum Gasteiger partial charge on any atom is 0.209 e. The molecule has 1 N–H and O–H groups in total. The van der Waals surface area contributed by atoms with E-state index in [1.54, 1.807) is 6.20 Å². The fourth-order valence-corrected chi connectivity index (χ4v) is 3.23. The lowest BCUT2D eigenvalue weighted by Gasteiger charge is -2.29. The van der Waals surface area contributed by atoms with Gasteiger partial charge in [-0.2, -0.15) is 0 Å². The van der Waals surface area contributed by atoms with Crippen LogP contribution in [0.5, 0.6) is 0 Å². The van der Waals surface area contributed by atoms with Crippen molar-refractivity contribution in [2.75, 3.05) is 19.3 Å². The molecular formula is C14H23Cl2N3O2S. The highest BCUT2D eigenvalue weighted by Gasteiger charge is 2.27. The summed E-state index contributed by atoms with van der Waals surface area (Å²) in [6.07, 6.45) is 8.64. The van der Waals surface area contributed by atoms with Crippen LogP contribution in [0.25, 0.3) is 0 Å². The molecule has 1 saturated carbocycles. The van der Waals surface area contributed by atoms with Crippen LogP contribution in [0, 0.1) is 5.92 Å². The molecule has 1 aromatic rings. The average Bonchev–Trinajstić information content (AvgIpc) is 3.19. The smallest absolute Gasteiger partial charge is 0.209 e. The van der Waals surface area contributed by atoms with Crippen LogP contribution in [0.3, 0.4) is 0 Å². The predicted molar refractivity (Wildman–Crippen MR) is 92.1 cm³/mol. The Kier molecular flexibility index (Phi) is 7.08. The fraction of sp³-hybridized carbons (Fsp3) is 0.643. The number of nitrogens with zero attached hydrogens (tertiary/aromatic N) is 2. The van der Waals surface area contributed by atoms with E-state index in [4.69, 9.17) is 0 Å². The lowest BCUT2D eigenvalue weighted by atomic mass is 9.97. The van der Waals surface area contributed by atoms with E-state index in [0.717, 1.165) is 31.0 Å². The number of aromatic nitrogens is 1. The second-order valence-electron chi connectivity index (χ2n) is 5.96. The van der Waals surface area contributed by atoms with Crippen LogP contribution in [-0.2, 0) is 29.5 Å². The molecule has 0 aromatic carbocycles. The number of pyridine rings is 1. The van der Waals surface area contributed by atoms with Crippen molar-refractivity contribution in [3.63, 3.8) is 0 Å². The van der Waals surface area contributed by atoms with E-state index in [-0.39, 0.29) is 24.8 Å². The zero-order valence-corrected chi connectivity index (χ0v) is 15.1. The Morgan fingerprint density at radius 2 is 2.05 bits per heavy atom. The van der Waals surface area contributed by atoms with Crippen molar-refractivity contribution in [2.24, 2.45) is 5.92 Å². The standard InChI is InChI=1S/C14H21N3O2S.2ClH/c1-20(18,19)16-8-12-6-15-7-13-10-17(5-4-14(12)13)9-11-2-3-11;;/h6-7,11,16H,2-5,8-10H2,1H3;2*1H. The summed E-state index contributed by atoms with van der Waals surface area (Å²) in [6, 6.07) is 0. The van der Waals surface area contributed by atoms with Crippen LogP contribution in [0.4, 0.5) is 0 Å². The van der Waals surface area contributed by atoms with E-state index in [9.17, 15) is 8.42 Å². The van der Waals surface area contributed by atoms with Gasteiger partial charge in [-0.15, -0.1) is 24.8 Å². The van der Waals surface area contributed by atoms with Gasteiger partial charge in [0.25, 0.3) is 0 Å². The molecule has 5 nitrogen and oxygen atoms in total. The number of halogens is 2. The van der Waals surface area contributed by atoms with Crippen LogP contribution in [-0.4, -0.2) is 37.6 Å². The van der Waals surface area contributed by atoms with Gasteiger partial charge in [0.2, 0.25) is 10.0 Å². The van der Waals surface area contributed by atoms with Crippen molar-refractivity contribution in [3.05, 3.63) is 29.1 Å². The van der Waals surface area contributed by atoms with E-state index < -0.39 is 10.0 Å². The zero-order valence-electron chi connectivity index (χ0n) is 12.6. The van der Waals surface area contributed by atoms with Crippen LogP contribution < -0.4 is 4.72 Å². The monoisotopic (exact) mass is 367 g/mol. The largest absolute Gasteiger partial charge is 0.298 e. The van der Waals surface area contributed by atoms with Crippen LogP contribution in [0.2, 0.25) is 0 Å². The van der Waals surface area contributed by atoms with Crippen molar-refractivity contribution in [3.8, 4) is 0 Å². The Morgan fingerprint density at radius 3 is 2.68 bits per heavy atom. The third kappa shape index (κ3) is 5.35. The first-order chi connectivity index (χ1) is 9.51. The summed E-state index contributed by atoms with van der Waals surface area (Å²) in [7, 11) is -3.16. The molecule has 0 spiro atoms. The normalized spacial score (nSPS) is 18.0. The van der Waals surface area contributed by atoms with E-state index in [1.165, 1.54) is 36.8 Å². The Hall–Kier alpha value is -0.400. The molecule has 3 rings (SSSR count). The van der Waals surface area contributed by atoms with Gasteiger partial charge < -0.3 is 0 Å². The zero-order chi connectivity index (χ0) is 14.2. The van der Waals surface area contributed by atoms with Crippen LogP contribution >= 0.6 is 24.8 Å². The number of rotatable bonds is 5. The number of hydrogen-bond acceptors (Lipinski definition) is 4. The molecule has 0 saturated heterocycles. The first-order valence-electron chi connectivity index (χ1n) is 7.13. The molecule has 8 heteroatoms. The highest BCUT2D eigenvalue weighted by molar-refractivity contribution is 7.88. The maximum absolute atomic E-state index is 11.2. The molecule has 1 aliphatic heterocycles. The molecule has 0 bridgehead atoms. The highest BCUT2D eigenvalue weighted by Crippen LogP contribution is 2.31. The summed E-state index contributed by atoms with van der Waals surface area (Å²) >= 11 is 0. The average molecular weight is 368 g/mol. The summed E-state index contributed by atoms with van der Waals surface area (Å²) in [4.78, 5) is 6.76. The van der Waals surface area contributed by atoms with Crippen molar-refractivity contribution >= 4 is 34.8 Å².